The Labute approximate surface area is 162 Å². The summed E-state index contributed by atoms with van der Waals surface area (Å²) in [4.78, 5) is 16.7. The van der Waals surface area contributed by atoms with E-state index in [2.05, 4.69) is 10.3 Å². The molecule has 1 aliphatic rings. The number of halogens is 2. The largest absolute Gasteiger partial charge is 0.496 e. The minimum absolute atomic E-state index is 0.0949. The quantitative estimate of drug-likeness (QED) is 0.809. The lowest BCUT2D eigenvalue weighted by atomic mass is 9.92. The third kappa shape index (κ3) is 4.80. The highest BCUT2D eigenvalue weighted by Gasteiger charge is 2.25. The van der Waals surface area contributed by atoms with Crippen LogP contribution in [0.2, 0.25) is 10.0 Å². The molecule has 7 heteroatoms. The van der Waals surface area contributed by atoms with Gasteiger partial charge < -0.3 is 14.8 Å². The zero-order valence-electron chi connectivity index (χ0n) is 14.4. The van der Waals surface area contributed by atoms with E-state index in [0.717, 1.165) is 25.7 Å². The predicted octanol–water partition coefficient (Wildman–Crippen LogP) is 4.52. The van der Waals surface area contributed by atoms with Gasteiger partial charge in [-0.25, -0.2) is 4.98 Å². The van der Waals surface area contributed by atoms with Gasteiger partial charge in [-0.1, -0.05) is 23.2 Å². The predicted molar refractivity (Wildman–Crippen MR) is 101 cm³/mol. The minimum atomic E-state index is -0.173. The topological polar surface area (TPSA) is 60.5 Å². The highest BCUT2D eigenvalue weighted by Crippen LogP contribution is 2.26. The van der Waals surface area contributed by atoms with Gasteiger partial charge in [0.05, 0.1) is 17.7 Å². The van der Waals surface area contributed by atoms with E-state index in [0.29, 0.717) is 27.2 Å². The molecule has 1 fully saturated rings. The normalized spacial score (nSPS) is 19.7. The van der Waals surface area contributed by atoms with Crippen molar-refractivity contribution in [2.45, 2.75) is 37.8 Å². The van der Waals surface area contributed by atoms with Crippen LogP contribution in [0.15, 0.2) is 36.5 Å². The van der Waals surface area contributed by atoms with Gasteiger partial charge in [0.2, 0.25) is 5.88 Å². The molecule has 138 valence electrons. The summed E-state index contributed by atoms with van der Waals surface area (Å²) in [7, 11) is 1.54. The lowest BCUT2D eigenvalue weighted by Gasteiger charge is -2.29. The number of hydrogen-bond donors (Lipinski definition) is 1. The first kappa shape index (κ1) is 18.8. The molecule has 1 N–H and O–H groups in total. The number of pyridine rings is 1. The molecule has 3 rings (SSSR count). The molecular weight excluding hydrogens is 375 g/mol. The van der Waals surface area contributed by atoms with Crippen molar-refractivity contribution in [2.75, 3.05) is 7.11 Å². The van der Waals surface area contributed by atoms with Crippen LogP contribution in [0, 0.1) is 0 Å². The number of aromatic nitrogens is 1. The summed E-state index contributed by atoms with van der Waals surface area (Å²) in [5.74, 6) is 0.913. The van der Waals surface area contributed by atoms with Crippen molar-refractivity contribution in [3.05, 3.63) is 52.1 Å². The van der Waals surface area contributed by atoms with Crippen molar-refractivity contribution in [3.63, 3.8) is 0 Å². The molecule has 5 nitrogen and oxygen atoms in total. The Balaban J connectivity index is 1.53. The van der Waals surface area contributed by atoms with Gasteiger partial charge in [-0.15, -0.1) is 0 Å². The molecule has 0 spiro atoms. The molecule has 26 heavy (non-hydrogen) atoms. The van der Waals surface area contributed by atoms with Gasteiger partial charge in [-0.3, -0.25) is 4.79 Å². The van der Waals surface area contributed by atoms with Gasteiger partial charge in [0.15, 0.2) is 0 Å². The molecule has 0 aliphatic heterocycles. The Morgan fingerprint density at radius 1 is 1.12 bits per heavy atom. The van der Waals surface area contributed by atoms with E-state index in [1.807, 2.05) is 0 Å². The molecule has 1 saturated carbocycles. The van der Waals surface area contributed by atoms with Gasteiger partial charge in [0.25, 0.3) is 5.91 Å². The molecule has 1 aliphatic carbocycles. The molecular formula is C19H20Cl2N2O3. The maximum absolute atomic E-state index is 12.5. The summed E-state index contributed by atoms with van der Waals surface area (Å²) < 4.78 is 11.1. The van der Waals surface area contributed by atoms with E-state index in [9.17, 15) is 4.79 Å². The van der Waals surface area contributed by atoms with Crippen LogP contribution in [0.5, 0.6) is 11.6 Å². The first-order chi connectivity index (χ1) is 12.5. The van der Waals surface area contributed by atoms with Crippen LogP contribution >= 0.6 is 23.2 Å². The SMILES string of the molecule is COc1ccc(Cl)cc1C(=O)NC1CCC(Oc2ccc(Cl)cn2)CC1. The van der Waals surface area contributed by atoms with Gasteiger partial charge in [0, 0.05) is 23.3 Å². The number of carbonyl (C=O) groups excluding carboxylic acids is 1. The second kappa shape index (κ2) is 8.60. The van der Waals surface area contributed by atoms with Crippen LogP contribution in [0.4, 0.5) is 0 Å². The Kier molecular flexibility index (Phi) is 6.22. The smallest absolute Gasteiger partial charge is 0.255 e. The van der Waals surface area contributed by atoms with Gasteiger partial charge in [-0.2, -0.15) is 0 Å². The molecule has 2 aromatic rings. The monoisotopic (exact) mass is 394 g/mol. The molecule has 0 saturated heterocycles. The Morgan fingerprint density at radius 2 is 1.85 bits per heavy atom. The third-order valence-corrected chi connectivity index (χ3v) is 4.86. The molecule has 1 heterocycles. The second-order valence-corrected chi connectivity index (χ2v) is 7.10. The maximum atomic E-state index is 12.5. The van der Waals surface area contributed by atoms with Gasteiger partial charge in [-0.05, 0) is 49.9 Å². The molecule has 0 radical (unpaired) electrons. The van der Waals surface area contributed by atoms with Crippen molar-refractivity contribution in [3.8, 4) is 11.6 Å². The Morgan fingerprint density at radius 3 is 2.50 bits per heavy atom. The van der Waals surface area contributed by atoms with Crippen molar-refractivity contribution < 1.29 is 14.3 Å². The minimum Gasteiger partial charge on any atom is -0.496 e. The van der Waals surface area contributed by atoms with Crippen LogP contribution in [0.3, 0.4) is 0 Å². The summed E-state index contributed by atoms with van der Waals surface area (Å²) in [6.45, 7) is 0. The maximum Gasteiger partial charge on any atom is 0.255 e. The van der Waals surface area contributed by atoms with E-state index in [1.54, 1.807) is 36.5 Å². The van der Waals surface area contributed by atoms with Crippen LogP contribution in [0.25, 0.3) is 0 Å². The number of carbonyl (C=O) groups is 1. The summed E-state index contributed by atoms with van der Waals surface area (Å²) in [6, 6.07) is 8.64. The number of amides is 1. The summed E-state index contributed by atoms with van der Waals surface area (Å²) >= 11 is 11.8. The van der Waals surface area contributed by atoms with Crippen LogP contribution in [0.1, 0.15) is 36.0 Å². The van der Waals surface area contributed by atoms with E-state index in [-0.39, 0.29) is 18.1 Å². The zero-order valence-corrected chi connectivity index (χ0v) is 15.9. The van der Waals surface area contributed by atoms with Crippen LogP contribution in [-0.4, -0.2) is 30.1 Å². The molecule has 0 unspecified atom stereocenters. The van der Waals surface area contributed by atoms with Gasteiger partial charge in [0.1, 0.15) is 11.9 Å². The number of benzene rings is 1. The van der Waals surface area contributed by atoms with E-state index in [1.165, 1.54) is 7.11 Å². The van der Waals surface area contributed by atoms with Crippen molar-refractivity contribution >= 4 is 29.1 Å². The number of nitrogens with zero attached hydrogens (tertiary/aromatic N) is 1. The number of ether oxygens (including phenoxy) is 2. The second-order valence-electron chi connectivity index (χ2n) is 6.22. The highest BCUT2D eigenvalue weighted by molar-refractivity contribution is 6.31. The zero-order chi connectivity index (χ0) is 18.5. The highest BCUT2D eigenvalue weighted by atomic mass is 35.5. The fourth-order valence-corrected chi connectivity index (χ4v) is 3.33. The number of hydrogen-bond acceptors (Lipinski definition) is 4. The van der Waals surface area contributed by atoms with Crippen molar-refractivity contribution in [1.82, 2.24) is 10.3 Å². The Bertz CT molecular complexity index is 760. The summed E-state index contributed by atoms with van der Waals surface area (Å²) in [5, 5.41) is 4.15. The number of nitrogens with one attached hydrogen (secondary N) is 1. The first-order valence-electron chi connectivity index (χ1n) is 8.48. The number of rotatable bonds is 5. The molecule has 1 aromatic heterocycles. The average molecular weight is 395 g/mol. The summed E-state index contributed by atoms with van der Waals surface area (Å²) in [6.07, 6.45) is 5.04. The molecule has 0 atom stereocenters. The third-order valence-electron chi connectivity index (χ3n) is 4.40. The molecule has 1 amide bonds. The summed E-state index contributed by atoms with van der Waals surface area (Å²) in [5.41, 5.74) is 0.448. The van der Waals surface area contributed by atoms with Crippen LogP contribution < -0.4 is 14.8 Å². The van der Waals surface area contributed by atoms with E-state index < -0.39 is 0 Å². The molecule has 1 aromatic carbocycles. The Hall–Kier alpha value is -1.98. The van der Waals surface area contributed by atoms with Crippen molar-refractivity contribution in [1.29, 1.82) is 0 Å². The lowest BCUT2D eigenvalue weighted by Crippen LogP contribution is -2.39. The van der Waals surface area contributed by atoms with E-state index in [4.69, 9.17) is 32.7 Å². The van der Waals surface area contributed by atoms with Gasteiger partial charge >= 0.3 is 0 Å². The van der Waals surface area contributed by atoms with Crippen molar-refractivity contribution in [2.24, 2.45) is 0 Å². The standard InChI is InChI=1S/C19H20Cl2N2O3/c1-25-17-8-2-12(20)10-16(17)19(24)23-14-4-6-15(7-5-14)26-18-9-3-13(21)11-22-18/h2-3,8-11,14-15H,4-7H2,1H3,(H,23,24). The first-order valence-corrected chi connectivity index (χ1v) is 9.23. The average Bonchev–Trinajstić information content (AvgIpc) is 2.65. The number of methoxy groups -OCH3 is 1. The fraction of sp³-hybridized carbons (Fsp3) is 0.368. The van der Waals surface area contributed by atoms with Crippen LogP contribution in [-0.2, 0) is 0 Å². The van der Waals surface area contributed by atoms with E-state index >= 15 is 0 Å². The lowest BCUT2D eigenvalue weighted by molar-refractivity contribution is 0.0887. The fourth-order valence-electron chi connectivity index (χ4n) is 3.05. The molecule has 0 bridgehead atoms.